The highest BCUT2D eigenvalue weighted by molar-refractivity contribution is 9.09. The fourth-order valence-corrected chi connectivity index (χ4v) is 1.44. The van der Waals surface area contributed by atoms with Crippen molar-refractivity contribution in [1.29, 1.82) is 0 Å². The van der Waals surface area contributed by atoms with Gasteiger partial charge in [0.25, 0.3) is 0 Å². The van der Waals surface area contributed by atoms with Gasteiger partial charge in [-0.05, 0) is 12.3 Å². The summed E-state index contributed by atoms with van der Waals surface area (Å²) in [6.45, 7) is 2.04. The molecule has 0 aromatic heterocycles. The van der Waals surface area contributed by atoms with E-state index in [1.165, 1.54) is 7.11 Å². The van der Waals surface area contributed by atoms with Crippen molar-refractivity contribution in [3.63, 3.8) is 0 Å². The Labute approximate surface area is 70.1 Å². The lowest BCUT2D eigenvalue weighted by Crippen LogP contribution is -2.07. The Balaban J connectivity index is 3.37. The molecule has 0 saturated heterocycles. The summed E-state index contributed by atoms with van der Waals surface area (Å²) in [5.41, 5.74) is 0. The van der Waals surface area contributed by atoms with Gasteiger partial charge in [-0.15, -0.1) is 0 Å². The molecule has 0 spiro atoms. The number of esters is 1. The molecule has 0 aliphatic rings. The quantitative estimate of drug-likeness (QED) is 0.522. The molecule has 0 radical (unpaired) electrons. The lowest BCUT2D eigenvalue weighted by atomic mass is 10.1. The van der Waals surface area contributed by atoms with Crippen LogP contribution in [0.15, 0.2) is 0 Å². The highest BCUT2D eigenvalue weighted by atomic mass is 79.9. The molecule has 0 heterocycles. The van der Waals surface area contributed by atoms with Crippen molar-refractivity contribution in [1.82, 2.24) is 0 Å². The summed E-state index contributed by atoms with van der Waals surface area (Å²) in [7, 11) is 1.42. The number of halogens is 1. The van der Waals surface area contributed by atoms with Crippen LogP contribution < -0.4 is 0 Å². The standard InChI is InChI=1S/C7H13BrO2/c1-6(3-4-8)5-7(9)10-2/h6H,3-5H2,1-2H3/t6-/m1/s1. The first kappa shape index (κ1) is 9.95. The molecular formula is C7H13BrO2. The molecule has 0 unspecified atom stereocenters. The minimum Gasteiger partial charge on any atom is -0.469 e. The van der Waals surface area contributed by atoms with Gasteiger partial charge in [-0.2, -0.15) is 0 Å². The SMILES string of the molecule is COC(=O)C[C@H](C)CCBr. The van der Waals surface area contributed by atoms with Crippen molar-refractivity contribution in [3.8, 4) is 0 Å². The number of hydrogen-bond acceptors (Lipinski definition) is 2. The predicted molar refractivity (Wildman–Crippen MR) is 44.2 cm³/mol. The van der Waals surface area contributed by atoms with E-state index >= 15 is 0 Å². The summed E-state index contributed by atoms with van der Waals surface area (Å²) >= 11 is 3.31. The lowest BCUT2D eigenvalue weighted by molar-refractivity contribution is -0.141. The minimum absolute atomic E-state index is 0.117. The third-order valence-electron chi connectivity index (χ3n) is 1.34. The largest absolute Gasteiger partial charge is 0.469 e. The van der Waals surface area contributed by atoms with Gasteiger partial charge in [-0.1, -0.05) is 22.9 Å². The molecule has 0 rings (SSSR count). The molecule has 0 fully saturated rings. The number of carbonyl (C=O) groups excluding carboxylic acids is 1. The van der Waals surface area contributed by atoms with Crippen LogP contribution in [0.4, 0.5) is 0 Å². The molecule has 0 bridgehead atoms. The second kappa shape index (κ2) is 5.71. The molecule has 2 nitrogen and oxygen atoms in total. The Morgan fingerprint density at radius 3 is 2.70 bits per heavy atom. The van der Waals surface area contributed by atoms with Crippen molar-refractivity contribution in [2.45, 2.75) is 19.8 Å². The maximum Gasteiger partial charge on any atom is 0.305 e. The molecular weight excluding hydrogens is 196 g/mol. The zero-order chi connectivity index (χ0) is 7.98. The summed E-state index contributed by atoms with van der Waals surface area (Å²) in [6.07, 6.45) is 1.55. The Kier molecular flexibility index (Phi) is 5.69. The van der Waals surface area contributed by atoms with Crippen molar-refractivity contribution in [2.24, 2.45) is 5.92 Å². The van der Waals surface area contributed by atoms with Crippen LogP contribution in [0.2, 0.25) is 0 Å². The number of ether oxygens (including phenoxy) is 1. The highest BCUT2D eigenvalue weighted by Crippen LogP contribution is 2.09. The van der Waals surface area contributed by atoms with Crippen molar-refractivity contribution in [2.75, 3.05) is 12.4 Å². The molecule has 0 N–H and O–H groups in total. The van der Waals surface area contributed by atoms with Crippen molar-refractivity contribution >= 4 is 21.9 Å². The zero-order valence-corrected chi connectivity index (χ0v) is 7.98. The first-order valence-corrected chi connectivity index (χ1v) is 4.45. The van der Waals surface area contributed by atoms with Gasteiger partial charge in [0.1, 0.15) is 0 Å². The molecule has 0 aromatic rings. The van der Waals surface area contributed by atoms with Crippen LogP contribution in [0.5, 0.6) is 0 Å². The third-order valence-corrected chi connectivity index (χ3v) is 1.80. The normalized spacial score (nSPS) is 12.7. The molecule has 10 heavy (non-hydrogen) atoms. The summed E-state index contributed by atoms with van der Waals surface area (Å²) < 4.78 is 4.51. The predicted octanol–water partition coefficient (Wildman–Crippen LogP) is 1.97. The van der Waals surface area contributed by atoms with Crippen LogP contribution in [0.25, 0.3) is 0 Å². The summed E-state index contributed by atoms with van der Waals surface area (Å²) in [5, 5.41) is 0.950. The molecule has 3 heteroatoms. The molecule has 0 aromatic carbocycles. The number of rotatable bonds is 4. The fraction of sp³-hybridized carbons (Fsp3) is 0.857. The van der Waals surface area contributed by atoms with Gasteiger partial charge in [0, 0.05) is 11.8 Å². The minimum atomic E-state index is -0.117. The first-order valence-electron chi connectivity index (χ1n) is 3.33. The van der Waals surface area contributed by atoms with E-state index in [-0.39, 0.29) is 5.97 Å². The second-order valence-corrected chi connectivity index (χ2v) is 3.16. The number of methoxy groups -OCH3 is 1. The van der Waals surface area contributed by atoms with Gasteiger partial charge in [-0.25, -0.2) is 0 Å². The van der Waals surface area contributed by atoms with Gasteiger partial charge in [-0.3, -0.25) is 4.79 Å². The lowest BCUT2D eigenvalue weighted by Gasteiger charge is -2.05. The smallest absolute Gasteiger partial charge is 0.305 e. The van der Waals surface area contributed by atoms with Crippen LogP contribution in [-0.4, -0.2) is 18.4 Å². The Morgan fingerprint density at radius 1 is 1.70 bits per heavy atom. The highest BCUT2D eigenvalue weighted by Gasteiger charge is 2.07. The molecule has 60 valence electrons. The van der Waals surface area contributed by atoms with E-state index in [1.54, 1.807) is 0 Å². The van der Waals surface area contributed by atoms with E-state index in [2.05, 4.69) is 20.7 Å². The molecule has 0 amide bonds. The summed E-state index contributed by atoms with van der Waals surface area (Å²) in [4.78, 5) is 10.7. The topological polar surface area (TPSA) is 26.3 Å². The van der Waals surface area contributed by atoms with Gasteiger partial charge < -0.3 is 4.74 Å². The average Bonchev–Trinajstić information content (AvgIpc) is 1.88. The number of hydrogen-bond donors (Lipinski definition) is 0. The van der Waals surface area contributed by atoms with E-state index in [0.717, 1.165) is 11.8 Å². The molecule has 0 aliphatic heterocycles. The first-order chi connectivity index (χ1) is 4.70. The van der Waals surface area contributed by atoms with E-state index in [1.807, 2.05) is 6.92 Å². The van der Waals surface area contributed by atoms with E-state index in [0.29, 0.717) is 12.3 Å². The number of alkyl halides is 1. The van der Waals surface area contributed by atoms with Gasteiger partial charge in [0.2, 0.25) is 0 Å². The maximum atomic E-state index is 10.7. The Bertz CT molecular complexity index is 104. The van der Waals surface area contributed by atoms with Gasteiger partial charge in [0.05, 0.1) is 7.11 Å². The van der Waals surface area contributed by atoms with Gasteiger partial charge >= 0.3 is 5.97 Å². The fourth-order valence-electron chi connectivity index (χ4n) is 0.656. The van der Waals surface area contributed by atoms with Gasteiger partial charge in [0.15, 0.2) is 0 Å². The molecule has 0 aliphatic carbocycles. The van der Waals surface area contributed by atoms with E-state index in [9.17, 15) is 4.79 Å². The van der Waals surface area contributed by atoms with Crippen LogP contribution in [-0.2, 0) is 9.53 Å². The average molecular weight is 209 g/mol. The Morgan fingerprint density at radius 2 is 2.30 bits per heavy atom. The van der Waals surface area contributed by atoms with Crippen LogP contribution in [0.3, 0.4) is 0 Å². The van der Waals surface area contributed by atoms with E-state index in [4.69, 9.17) is 0 Å². The summed E-state index contributed by atoms with van der Waals surface area (Å²) in [6, 6.07) is 0. The van der Waals surface area contributed by atoms with Crippen LogP contribution in [0, 0.1) is 5.92 Å². The zero-order valence-electron chi connectivity index (χ0n) is 6.39. The number of carbonyl (C=O) groups is 1. The van der Waals surface area contributed by atoms with Crippen LogP contribution >= 0.6 is 15.9 Å². The third kappa shape index (κ3) is 4.79. The van der Waals surface area contributed by atoms with Crippen molar-refractivity contribution in [3.05, 3.63) is 0 Å². The molecule has 0 saturated carbocycles. The molecule has 1 atom stereocenters. The Hall–Kier alpha value is -0.0500. The monoisotopic (exact) mass is 208 g/mol. The van der Waals surface area contributed by atoms with E-state index < -0.39 is 0 Å². The van der Waals surface area contributed by atoms with Crippen LogP contribution in [0.1, 0.15) is 19.8 Å². The second-order valence-electron chi connectivity index (χ2n) is 2.36. The van der Waals surface area contributed by atoms with Crippen molar-refractivity contribution < 1.29 is 9.53 Å². The maximum absolute atomic E-state index is 10.7. The summed E-state index contributed by atoms with van der Waals surface area (Å²) in [5.74, 6) is 0.306.